The van der Waals surface area contributed by atoms with E-state index in [4.69, 9.17) is 0 Å². The fourth-order valence-electron chi connectivity index (χ4n) is 3.54. The van der Waals surface area contributed by atoms with Crippen LogP contribution in [0.3, 0.4) is 0 Å². The van der Waals surface area contributed by atoms with Crippen molar-refractivity contribution in [2.24, 2.45) is 5.92 Å². The van der Waals surface area contributed by atoms with Crippen LogP contribution in [0.2, 0.25) is 0 Å². The molecule has 1 aromatic heterocycles. The zero-order chi connectivity index (χ0) is 20.2. The van der Waals surface area contributed by atoms with E-state index in [0.29, 0.717) is 35.9 Å². The number of benzene rings is 1. The fraction of sp³-hybridized carbons (Fsp3) is 0.364. The molecule has 150 valence electrons. The molecule has 1 saturated carbocycles. The quantitative estimate of drug-likeness (QED) is 0.818. The maximum atomic E-state index is 13.0. The number of nitrogens with zero attached hydrogens (tertiary/aromatic N) is 2. The zero-order valence-corrected chi connectivity index (χ0v) is 16.1. The van der Waals surface area contributed by atoms with Crippen LogP contribution in [0.15, 0.2) is 48.8 Å². The Bertz CT molecular complexity index is 911. The Labute approximate surface area is 169 Å². The molecule has 2 heterocycles. The minimum absolute atomic E-state index is 0.0579. The molecule has 0 spiro atoms. The van der Waals surface area contributed by atoms with Crippen molar-refractivity contribution < 1.29 is 14.4 Å². The van der Waals surface area contributed by atoms with Crippen LogP contribution >= 0.6 is 0 Å². The second-order valence-corrected chi connectivity index (χ2v) is 7.65. The first kappa shape index (κ1) is 19.1. The SMILES string of the molecule is O=C(Nc1cccc(C(=O)N2CCCC(C(=O)NC3CC3)C2)c1)c1cccnc1. The summed E-state index contributed by atoms with van der Waals surface area (Å²) in [6, 6.07) is 10.6. The van der Waals surface area contributed by atoms with Crippen molar-refractivity contribution in [1.82, 2.24) is 15.2 Å². The van der Waals surface area contributed by atoms with Crippen LogP contribution in [-0.2, 0) is 4.79 Å². The summed E-state index contributed by atoms with van der Waals surface area (Å²) in [5.74, 6) is -0.492. The summed E-state index contributed by atoms with van der Waals surface area (Å²) in [6.07, 6.45) is 6.82. The highest BCUT2D eigenvalue weighted by Crippen LogP contribution is 2.23. The summed E-state index contributed by atoms with van der Waals surface area (Å²) >= 11 is 0. The Balaban J connectivity index is 1.41. The average molecular weight is 392 g/mol. The lowest BCUT2D eigenvalue weighted by atomic mass is 9.96. The van der Waals surface area contributed by atoms with Crippen molar-refractivity contribution in [1.29, 1.82) is 0 Å². The molecule has 1 aliphatic heterocycles. The van der Waals surface area contributed by atoms with Gasteiger partial charge in [0.15, 0.2) is 0 Å². The first-order chi connectivity index (χ1) is 14.1. The standard InChI is InChI=1S/C22H24N4O3/c27-20(16-5-2-10-23-13-16)25-19-7-1-4-15(12-19)22(29)26-11-3-6-17(14-26)21(28)24-18-8-9-18/h1-2,4-5,7,10,12-13,17-18H,3,6,8-9,11,14H2,(H,24,28)(H,25,27). The van der Waals surface area contributed by atoms with Gasteiger partial charge in [0.2, 0.25) is 5.91 Å². The number of nitrogens with one attached hydrogen (secondary N) is 2. The Morgan fingerprint density at radius 3 is 2.62 bits per heavy atom. The van der Waals surface area contributed by atoms with Crippen molar-refractivity contribution in [3.8, 4) is 0 Å². The molecular formula is C22H24N4O3. The highest BCUT2D eigenvalue weighted by molar-refractivity contribution is 6.05. The van der Waals surface area contributed by atoms with Gasteiger partial charge >= 0.3 is 0 Å². The van der Waals surface area contributed by atoms with Gasteiger partial charge in [-0.15, -0.1) is 0 Å². The highest BCUT2D eigenvalue weighted by Gasteiger charge is 2.32. The van der Waals surface area contributed by atoms with Crippen LogP contribution in [-0.4, -0.2) is 46.7 Å². The van der Waals surface area contributed by atoms with Gasteiger partial charge in [0.05, 0.1) is 11.5 Å². The molecule has 2 aliphatic rings. The second-order valence-electron chi connectivity index (χ2n) is 7.65. The third kappa shape index (κ3) is 4.80. The summed E-state index contributed by atoms with van der Waals surface area (Å²) in [5, 5.41) is 5.84. The normalized spacial score (nSPS) is 18.8. The van der Waals surface area contributed by atoms with E-state index in [1.807, 2.05) is 0 Å². The van der Waals surface area contributed by atoms with Gasteiger partial charge in [-0.1, -0.05) is 6.07 Å². The smallest absolute Gasteiger partial charge is 0.257 e. The Hall–Kier alpha value is -3.22. The zero-order valence-electron chi connectivity index (χ0n) is 16.1. The molecule has 1 unspecified atom stereocenters. The molecule has 2 aromatic rings. The van der Waals surface area contributed by atoms with Crippen LogP contribution < -0.4 is 10.6 Å². The minimum Gasteiger partial charge on any atom is -0.353 e. The summed E-state index contributed by atoms with van der Waals surface area (Å²) in [6.45, 7) is 1.07. The molecule has 7 nitrogen and oxygen atoms in total. The number of hydrogen-bond donors (Lipinski definition) is 2. The van der Waals surface area contributed by atoms with E-state index in [1.54, 1.807) is 47.5 Å². The molecule has 2 fully saturated rings. The van der Waals surface area contributed by atoms with Gasteiger partial charge in [-0.2, -0.15) is 0 Å². The number of aromatic nitrogens is 1. The van der Waals surface area contributed by atoms with E-state index in [2.05, 4.69) is 15.6 Å². The number of carbonyl (C=O) groups is 3. The molecule has 29 heavy (non-hydrogen) atoms. The van der Waals surface area contributed by atoms with Gasteiger partial charge in [0.1, 0.15) is 0 Å². The van der Waals surface area contributed by atoms with Gasteiger partial charge in [-0.05, 0) is 56.0 Å². The second kappa shape index (κ2) is 8.43. The van der Waals surface area contributed by atoms with Gasteiger partial charge in [-0.25, -0.2) is 0 Å². The molecule has 1 saturated heterocycles. The molecule has 2 N–H and O–H groups in total. The van der Waals surface area contributed by atoms with Crippen LogP contribution in [0.1, 0.15) is 46.4 Å². The van der Waals surface area contributed by atoms with Crippen LogP contribution in [0, 0.1) is 5.92 Å². The molecule has 3 amide bonds. The summed E-state index contributed by atoms with van der Waals surface area (Å²) < 4.78 is 0. The van der Waals surface area contributed by atoms with E-state index in [1.165, 1.54) is 6.20 Å². The first-order valence-electron chi connectivity index (χ1n) is 10.0. The van der Waals surface area contributed by atoms with E-state index in [9.17, 15) is 14.4 Å². The summed E-state index contributed by atoms with van der Waals surface area (Å²) in [7, 11) is 0. The van der Waals surface area contributed by atoms with Crippen LogP contribution in [0.4, 0.5) is 5.69 Å². The highest BCUT2D eigenvalue weighted by atomic mass is 16.2. The van der Waals surface area contributed by atoms with Gasteiger partial charge in [0, 0.05) is 42.8 Å². The van der Waals surface area contributed by atoms with Crippen LogP contribution in [0.25, 0.3) is 0 Å². The monoisotopic (exact) mass is 392 g/mol. The van der Waals surface area contributed by atoms with Crippen molar-refractivity contribution >= 4 is 23.4 Å². The van der Waals surface area contributed by atoms with E-state index in [-0.39, 0.29) is 23.6 Å². The average Bonchev–Trinajstić information content (AvgIpc) is 3.58. The molecule has 4 rings (SSSR count). The van der Waals surface area contributed by atoms with E-state index < -0.39 is 0 Å². The molecule has 1 aliphatic carbocycles. The maximum Gasteiger partial charge on any atom is 0.257 e. The number of amides is 3. The maximum absolute atomic E-state index is 13.0. The lowest BCUT2D eigenvalue weighted by Gasteiger charge is -2.32. The lowest BCUT2D eigenvalue weighted by molar-refractivity contribution is -0.126. The number of piperidine rings is 1. The lowest BCUT2D eigenvalue weighted by Crippen LogP contribution is -2.45. The van der Waals surface area contributed by atoms with Crippen molar-refractivity contribution in [3.63, 3.8) is 0 Å². The van der Waals surface area contributed by atoms with Gasteiger partial charge < -0.3 is 15.5 Å². The molecule has 7 heteroatoms. The molecule has 1 aromatic carbocycles. The third-order valence-corrected chi connectivity index (χ3v) is 5.29. The Morgan fingerprint density at radius 2 is 1.86 bits per heavy atom. The number of carbonyl (C=O) groups excluding carboxylic acids is 3. The number of pyridine rings is 1. The topological polar surface area (TPSA) is 91.4 Å². The van der Waals surface area contributed by atoms with E-state index in [0.717, 1.165) is 25.7 Å². The summed E-state index contributed by atoms with van der Waals surface area (Å²) in [5.41, 5.74) is 1.49. The summed E-state index contributed by atoms with van der Waals surface area (Å²) in [4.78, 5) is 43.3. The van der Waals surface area contributed by atoms with Gasteiger partial charge in [-0.3, -0.25) is 19.4 Å². The fourth-order valence-corrected chi connectivity index (χ4v) is 3.54. The molecule has 1 atom stereocenters. The van der Waals surface area contributed by atoms with Crippen LogP contribution in [0.5, 0.6) is 0 Å². The molecular weight excluding hydrogens is 368 g/mol. The predicted molar refractivity (Wildman–Crippen MR) is 108 cm³/mol. The van der Waals surface area contributed by atoms with Crippen molar-refractivity contribution in [2.75, 3.05) is 18.4 Å². The van der Waals surface area contributed by atoms with Gasteiger partial charge in [0.25, 0.3) is 11.8 Å². The molecule has 0 bridgehead atoms. The van der Waals surface area contributed by atoms with E-state index >= 15 is 0 Å². The number of likely N-dealkylation sites (tertiary alicyclic amines) is 1. The van der Waals surface area contributed by atoms with Crippen molar-refractivity contribution in [3.05, 3.63) is 59.9 Å². The third-order valence-electron chi connectivity index (χ3n) is 5.29. The Morgan fingerprint density at radius 1 is 1.03 bits per heavy atom. The number of rotatable bonds is 5. The largest absolute Gasteiger partial charge is 0.353 e. The Kier molecular flexibility index (Phi) is 5.55. The van der Waals surface area contributed by atoms with Crippen molar-refractivity contribution in [2.45, 2.75) is 31.7 Å². The predicted octanol–water partition coefficient (Wildman–Crippen LogP) is 2.46. The molecule has 0 radical (unpaired) electrons. The first-order valence-corrected chi connectivity index (χ1v) is 10.0. The minimum atomic E-state index is -0.280. The number of anilines is 1. The number of hydrogen-bond acceptors (Lipinski definition) is 4.